The summed E-state index contributed by atoms with van der Waals surface area (Å²) in [6.07, 6.45) is 1.43. The van der Waals surface area contributed by atoms with Crippen LogP contribution < -0.4 is 32.0 Å². The highest BCUT2D eigenvalue weighted by Crippen LogP contribution is 2.28. The lowest BCUT2D eigenvalue weighted by Crippen LogP contribution is -2.44. The maximum atomic E-state index is 12.7. The molecule has 0 unspecified atom stereocenters. The molecule has 32 heavy (non-hydrogen) atoms. The summed E-state index contributed by atoms with van der Waals surface area (Å²) < 4.78 is 11.2. The molecule has 0 aliphatic carbocycles. The Bertz CT molecular complexity index is 946. The number of rotatable bonds is 12. The third-order valence-corrected chi connectivity index (χ3v) is 4.83. The lowest BCUT2D eigenvalue weighted by atomic mass is 10.1. The van der Waals surface area contributed by atoms with Gasteiger partial charge in [-0.25, -0.2) is 0 Å². The van der Waals surface area contributed by atoms with E-state index in [4.69, 9.17) is 38.3 Å². The molecule has 10 heteroatoms. The zero-order valence-electron chi connectivity index (χ0n) is 17.8. The number of aliphatic imine (C=N–C) groups is 1. The molecule has 0 aliphatic rings. The lowest BCUT2D eigenvalue weighted by molar-refractivity contribution is -0.120. The summed E-state index contributed by atoms with van der Waals surface area (Å²) in [5.41, 5.74) is 17.3. The number of carbonyl (C=O) groups excluding carboxylic acids is 2. The summed E-state index contributed by atoms with van der Waals surface area (Å²) in [4.78, 5) is 28.3. The minimum Gasteiger partial charge on any atom is -0.493 e. The molecule has 2 amide bonds. The molecule has 0 aromatic heterocycles. The second-order valence-electron chi connectivity index (χ2n) is 6.97. The van der Waals surface area contributed by atoms with Crippen LogP contribution in [-0.4, -0.2) is 44.1 Å². The van der Waals surface area contributed by atoms with Crippen LogP contribution in [0.2, 0.25) is 5.02 Å². The number of hydrogen-bond donors (Lipinski definition) is 4. The van der Waals surface area contributed by atoms with E-state index in [2.05, 4.69) is 10.3 Å². The van der Waals surface area contributed by atoms with E-state index in [1.807, 2.05) is 24.3 Å². The average molecular weight is 462 g/mol. The van der Waals surface area contributed by atoms with Gasteiger partial charge in [0, 0.05) is 23.6 Å². The number of methoxy groups -OCH3 is 1. The third-order valence-electron chi connectivity index (χ3n) is 4.58. The fraction of sp³-hybridized carbons (Fsp3) is 0.318. The quantitative estimate of drug-likeness (QED) is 0.214. The van der Waals surface area contributed by atoms with Gasteiger partial charge in [0.2, 0.25) is 5.91 Å². The van der Waals surface area contributed by atoms with E-state index in [0.29, 0.717) is 54.5 Å². The number of nitrogens with two attached hydrogens (primary N) is 3. The van der Waals surface area contributed by atoms with Gasteiger partial charge in [-0.2, -0.15) is 0 Å². The number of nitrogens with zero attached hydrogens (tertiary/aromatic N) is 1. The highest BCUT2D eigenvalue weighted by Gasteiger charge is 2.19. The van der Waals surface area contributed by atoms with Crippen molar-refractivity contribution in [1.29, 1.82) is 0 Å². The van der Waals surface area contributed by atoms with Crippen molar-refractivity contribution >= 4 is 29.4 Å². The van der Waals surface area contributed by atoms with Gasteiger partial charge in [0.25, 0.3) is 5.91 Å². The van der Waals surface area contributed by atoms with Crippen molar-refractivity contribution in [3.8, 4) is 11.5 Å². The number of ether oxygens (including phenoxy) is 2. The summed E-state index contributed by atoms with van der Waals surface area (Å²) in [5, 5.41) is 3.31. The first-order valence-corrected chi connectivity index (χ1v) is 10.4. The van der Waals surface area contributed by atoms with Gasteiger partial charge in [0.05, 0.1) is 13.7 Å². The topological polar surface area (TPSA) is 155 Å². The van der Waals surface area contributed by atoms with Crippen molar-refractivity contribution < 1.29 is 19.1 Å². The normalized spacial score (nSPS) is 11.3. The monoisotopic (exact) mass is 461 g/mol. The van der Waals surface area contributed by atoms with Crippen LogP contribution in [0, 0.1) is 0 Å². The van der Waals surface area contributed by atoms with E-state index in [0.717, 1.165) is 5.56 Å². The number of benzene rings is 2. The van der Waals surface area contributed by atoms with Crippen LogP contribution in [0.3, 0.4) is 0 Å². The Labute approximate surface area is 191 Å². The molecule has 9 nitrogen and oxygen atoms in total. The molecule has 0 heterocycles. The molecule has 0 spiro atoms. The van der Waals surface area contributed by atoms with E-state index < -0.39 is 17.9 Å². The molecule has 0 radical (unpaired) electrons. The van der Waals surface area contributed by atoms with Crippen LogP contribution >= 0.6 is 11.6 Å². The third kappa shape index (κ3) is 7.99. The first kappa shape index (κ1) is 24.8. The predicted octanol–water partition coefficient (Wildman–Crippen LogP) is 1.61. The Hall–Kier alpha value is -3.46. The Morgan fingerprint density at radius 3 is 2.44 bits per heavy atom. The smallest absolute Gasteiger partial charge is 0.252 e. The number of amides is 2. The summed E-state index contributed by atoms with van der Waals surface area (Å²) in [6, 6.07) is 11.4. The molecule has 0 bridgehead atoms. The van der Waals surface area contributed by atoms with Gasteiger partial charge in [-0.3, -0.25) is 14.6 Å². The maximum absolute atomic E-state index is 12.7. The van der Waals surface area contributed by atoms with Crippen LogP contribution in [0.25, 0.3) is 0 Å². The number of halogens is 1. The molecular weight excluding hydrogens is 434 g/mol. The molecule has 0 saturated carbocycles. The lowest BCUT2D eigenvalue weighted by Gasteiger charge is -2.16. The fourth-order valence-electron chi connectivity index (χ4n) is 2.89. The standard InChI is InChI=1S/C22H28ClN5O4/c1-31-18-9-6-15(13-19(18)32-12-10-14-4-7-16(23)8-5-14)21(30)28-17(20(24)29)3-2-11-27-22(25)26/h4-9,13,17H,2-3,10-12H2,1H3,(H2,24,29)(H,28,30)(H4,25,26,27)/t17-/m0/s1. The molecular formula is C22H28ClN5O4. The van der Waals surface area contributed by atoms with Crippen molar-refractivity contribution in [3.63, 3.8) is 0 Å². The maximum Gasteiger partial charge on any atom is 0.252 e. The summed E-state index contributed by atoms with van der Waals surface area (Å²) in [7, 11) is 1.51. The molecule has 7 N–H and O–H groups in total. The Balaban J connectivity index is 2.01. The van der Waals surface area contributed by atoms with Gasteiger partial charge in [-0.1, -0.05) is 23.7 Å². The number of carbonyl (C=O) groups is 2. The van der Waals surface area contributed by atoms with Gasteiger partial charge in [-0.05, 0) is 48.7 Å². The molecule has 2 aromatic carbocycles. The average Bonchev–Trinajstić information content (AvgIpc) is 2.76. The van der Waals surface area contributed by atoms with Crippen LogP contribution in [0.5, 0.6) is 11.5 Å². The molecule has 172 valence electrons. The van der Waals surface area contributed by atoms with Gasteiger partial charge in [0.15, 0.2) is 17.5 Å². The minimum absolute atomic E-state index is 0.0357. The summed E-state index contributed by atoms with van der Waals surface area (Å²) in [5.74, 6) is -0.234. The molecule has 0 aliphatic heterocycles. The largest absolute Gasteiger partial charge is 0.493 e. The fourth-order valence-corrected chi connectivity index (χ4v) is 3.02. The van der Waals surface area contributed by atoms with E-state index in [9.17, 15) is 9.59 Å². The number of primary amides is 1. The van der Waals surface area contributed by atoms with Crippen LogP contribution in [0.15, 0.2) is 47.5 Å². The highest BCUT2D eigenvalue weighted by molar-refractivity contribution is 6.30. The Morgan fingerprint density at radius 1 is 1.09 bits per heavy atom. The Morgan fingerprint density at radius 2 is 1.81 bits per heavy atom. The first-order valence-electron chi connectivity index (χ1n) is 10.0. The summed E-state index contributed by atoms with van der Waals surface area (Å²) in [6.45, 7) is 0.702. The van der Waals surface area contributed by atoms with Gasteiger partial charge >= 0.3 is 0 Å². The molecule has 0 saturated heterocycles. The first-order chi connectivity index (χ1) is 15.3. The molecule has 2 rings (SSSR count). The second kappa shape index (κ2) is 12.4. The number of guanidine groups is 1. The molecule has 0 fully saturated rings. The van der Waals surface area contributed by atoms with Crippen LogP contribution in [0.1, 0.15) is 28.8 Å². The van der Waals surface area contributed by atoms with Crippen molar-refractivity contribution in [2.75, 3.05) is 20.3 Å². The minimum atomic E-state index is -0.854. The molecule has 1 atom stereocenters. The van der Waals surface area contributed by atoms with Gasteiger partial charge < -0.3 is 32.0 Å². The molecule has 2 aromatic rings. The van der Waals surface area contributed by atoms with Crippen molar-refractivity contribution in [2.24, 2.45) is 22.2 Å². The van der Waals surface area contributed by atoms with Crippen molar-refractivity contribution in [3.05, 3.63) is 58.6 Å². The SMILES string of the molecule is COc1ccc(C(=O)N[C@@H](CCCN=C(N)N)C(N)=O)cc1OCCc1ccc(Cl)cc1. The second-order valence-corrected chi connectivity index (χ2v) is 7.40. The van der Waals surface area contributed by atoms with E-state index in [1.54, 1.807) is 18.2 Å². The van der Waals surface area contributed by atoms with Crippen molar-refractivity contribution in [2.45, 2.75) is 25.3 Å². The van der Waals surface area contributed by atoms with Crippen LogP contribution in [-0.2, 0) is 11.2 Å². The Kier molecular flexibility index (Phi) is 9.62. The zero-order chi connectivity index (χ0) is 23.5. The number of hydrogen-bond acceptors (Lipinski definition) is 5. The summed E-state index contributed by atoms with van der Waals surface area (Å²) >= 11 is 5.90. The van der Waals surface area contributed by atoms with Crippen molar-refractivity contribution in [1.82, 2.24) is 5.32 Å². The van der Waals surface area contributed by atoms with Gasteiger partial charge in [-0.15, -0.1) is 0 Å². The van der Waals surface area contributed by atoms with Gasteiger partial charge in [0.1, 0.15) is 6.04 Å². The highest BCUT2D eigenvalue weighted by atomic mass is 35.5. The predicted molar refractivity (Wildman–Crippen MR) is 124 cm³/mol. The zero-order valence-corrected chi connectivity index (χ0v) is 18.6. The van der Waals surface area contributed by atoms with Crippen LogP contribution in [0.4, 0.5) is 0 Å². The van der Waals surface area contributed by atoms with E-state index >= 15 is 0 Å². The van der Waals surface area contributed by atoms with E-state index in [-0.39, 0.29) is 5.96 Å². The number of nitrogens with one attached hydrogen (secondary N) is 1. The van der Waals surface area contributed by atoms with E-state index in [1.165, 1.54) is 7.11 Å².